The molecule has 0 unspecified atom stereocenters. The van der Waals surface area contributed by atoms with Crippen LogP contribution in [0.2, 0.25) is 0 Å². The summed E-state index contributed by atoms with van der Waals surface area (Å²) in [7, 11) is 0. The van der Waals surface area contributed by atoms with E-state index in [0.717, 1.165) is 11.3 Å². The smallest absolute Gasteiger partial charge is 0.261 e. The van der Waals surface area contributed by atoms with Gasteiger partial charge in [0.15, 0.2) is 0 Å². The quantitative estimate of drug-likeness (QED) is 0.718. The van der Waals surface area contributed by atoms with Crippen LogP contribution < -0.4 is 5.56 Å². The van der Waals surface area contributed by atoms with Crippen LogP contribution in [0.25, 0.3) is 10.9 Å². The van der Waals surface area contributed by atoms with E-state index in [1.165, 1.54) is 29.1 Å². The molecule has 0 amide bonds. The Kier molecular flexibility index (Phi) is 2.85. The Balaban J connectivity index is 2.12. The summed E-state index contributed by atoms with van der Waals surface area (Å²) in [6, 6.07) is 3.95. The molecule has 0 saturated heterocycles. The minimum atomic E-state index is -0.409. The number of hydrogen-bond acceptors (Lipinski definition) is 4. The van der Waals surface area contributed by atoms with E-state index in [1.807, 2.05) is 6.92 Å². The van der Waals surface area contributed by atoms with Crippen LogP contribution in [0.3, 0.4) is 0 Å². The summed E-state index contributed by atoms with van der Waals surface area (Å²) in [6.07, 6.45) is 1.41. The summed E-state index contributed by atoms with van der Waals surface area (Å²) >= 11 is 0. The first-order valence-electron chi connectivity index (χ1n) is 6.12. The van der Waals surface area contributed by atoms with Crippen molar-refractivity contribution >= 4 is 10.9 Å². The molecular formula is C14H12FN3O2. The molecule has 1 aromatic carbocycles. The number of hydrogen-bond donors (Lipinski definition) is 0. The summed E-state index contributed by atoms with van der Waals surface area (Å²) in [5.74, 6) is 0.265. The normalized spacial score (nSPS) is 11.2. The summed E-state index contributed by atoms with van der Waals surface area (Å²) in [5, 5.41) is 4.25. The topological polar surface area (TPSA) is 60.9 Å². The van der Waals surface area contributed by atoms with Crippen LogP contribution in [-0.4, -0.2) is 14.7 Å². The molecule has 0 aliphatic carbocycles. The summed E-state index contributed by atoms with van der Waals surface area (Å²) < 4.78 is 19.7. The molecule has 0 radical (unpaired) electrons. The first-order valence-corrected chi connectivity index (χ1v) is 6.12. The van der Waals surface area contributed by atoms with E-state index < -0.39 is 5.82 Å². The molecule has 0 fully saturated rings. The van der Waals surface area contributed by atoms with Gasteiger partial charge < -0.3 is 4.52 Å². The lowest BCUT2D eigenvalue weighted by Gasteiger charge is -2.06. The third-order valence-corrected chi connectivity index (χ3v) is 3.30. The van der Waals surface area contributed by atoms with Crippen molar-refractivity contribution in [2.24, 2.45) is 0 Å². The molecule has 3 rings (SSSR count). The van der Waals surface area contributed by atoms with Gasteiger partial charge in [-0.25, -0.2) is 9.37 Å². The molecule has 0 aliphatic heterocycles. The number of nitrogens with zero attached hydrogens (tertiary/aromatic N) is 3. The first kappa shape index (κ1) is 12.5. The number of fused-ring (bicyclic) bond motifs is 1. The van der Waals surface area contributed by atoms with Gasteiger partial charge in [-0.2, -0.15) is 0 Å². The molecule has 102 valence electrons. The minimum Gasteiger partial charge on any atom is -0.361 e. The van der Waals surface area contributed by atoms with Crippen molar-refractivity contribution in [3.8, 4) is 0 Å². The van der Waals surface area contributed by atoms with Gasteiger partial charge in [0.25, 0.3) is 5.56 Å². The molecule has 0 bridgehead atoms. The zero-order valence-corrected chi connectivity index (χ0v) is 11.1. The van der Waals surface area contributed by atoms with Gasteiger partial charge >= 0.3 is 0 Å². The van der Waals surface area contributed by atoms with E-state index in [-0.39, 0.29) is 5.56 Å². The third-order valence-electron chi connectivity index (χ3n) is 3.30. The highest BCUT2D eigenvalue weighted by atomic mass is 19.1. The molecular weight excluding hydrogens is 261 g/mol. The molecule has 20 heavy (non-hydrogen) atoms. The highest BCUT2D eigenvalue weighted by Crippen LogP contribution is 2.14. The van der Waals surface area contributed by atoms with E-state index in [9.17, 15) is 9.18 Å². The number of halogens is 1. The van der Waals surface area contributed by atoms with Crippen LogP contribution >= 0.6 is 0 Å². The highest BCUT2D eigenvalue weighted by molar-refractivity contribution is 5.77. The SMILES string of the molecule is Cc1noc(C)c1Cn1cnc2cc(F)ccc2c1=O. The van der Waals surface area contributed by atoms with Gasteiger partial charge in [-0.1, -0.05) is 5.16 Å². The standard InChI is InChI=1S/C14H12FN3O2/c1-8-12(9(2)20-17-8)6-18-7-16-13-5-10(15)3-4-11(13)14(18)19/h3-5,7H,6H2,1-2H3. The Hall–Kier alpha value is -2.50. The van der Waals surface area contributed by atoms with Crippen molar-refractivity contribution in [3.05, 3.63) is 57.7 Å². The van der Waals surface area contributed by atoms with Gasteiger partial charge in [0.2, 0.25) is 0 Å². The molecule has 2 aromatic heterocycles. The second kappa shape index (κ2) is 4.56. The zero-order chi connectivity index (χ0) is 14.3. The van der Waals surface area contributed by atoms with Crippen molar-refractivity contribution in [1.29, 1.82) is 0 Å². The molecule has 2 heterocycles. The summed E-state index contributed by atoms with van der Waals surface area (Å²) in [5.41, 5.74) is 1.74. The van der Waals surface area contributed by atoms with E-state index >= 15 is 0 Å². The minimum absolute atomic E-state index is 0.213. The van der Waals surface area contributed by atoms with Crippen molar-refractivity contribution in [2.75, 3.05) is 0 Å². The summed E-state index contributed by atoms with van der Waals surface area (Å²) in [4.78, 5) is 16.5. The van der Waals surface area contributed by atoms with Crippen molar-refractivity contribution < 1.29 is 8.91 Å². The maximum atomic E-state index is 13.1. The van der Waals surface area contributed by atoms with Gasteiger partial charge in [-0.15, -0.1) is 0 Å². The predicted molar refractivity (Wildman–Crippen MR) is 71.0 cm³/mol. The molecule has 5 nitrogen and oxygen atoms in total. The second-order valence-electron chi connectivity index (χ2n) is 4.64. The molecule has 6 heteroatoms. The van der Waals surface area contributed by atoms with Gasteiger partial charge in [0, 0.05) is 11.6 Å². The van der Waals surface area contributed by atoms with Gasteiger partial charge in [-0.05, 0) is 26.0 Å². The van der Waals surface area contributed by atoms with E-state index in [0.29, 0.717) is 23.2 Å². The van der Waals surface area contributed by atoms with E-state index in [4.69, 9.17) is 4.52 Å². The van der Waals surface area contributed by atoms with Crippen LogP contribution in [0.5, 0.6) is 0 Å². The van der Waals surface area contributed by atoms with Crippen LogP contribution in [0.4, 0.5) is 4.39 Å². The van der Waals surface area contributed by atoms with Crippen LogP contribution in [0.15, 0.2) is 33.8 Å². The predicted octanol–water partition coefficient (Wildman–Crippen LogP) is 2.19. The van der Waals surface area contributed by atoms with Crippen molar-refractivity contribution in [3.63, 3.8) is 0 Å². The molecule has 0 spiro atoms. The Morgan fingerprint density at radius 3 is 2.85 bits per heavy atom. The Morgan fingerprint density at radius 2 is 2.15 bits per heavy atom. The zero-order valence-electron chi connectivity index (χ0n) is 11.1. The number of aryl methyl sites for hydroxylation is 2. The Morgan fingerprint density at radius 1 is 1.35 bits per heavy atom. The number of benzene rings is 1. The lowest BCUT2D eigenvalue weighted by atomic mass is 10.2. The van der Waals surface area contributed by atoms with Crippen molar-refractivity contribution in [1.82, 2.24) is 14.7 Å². The average Bonchev–Trinajstić information content (AvgIpc) is 2.73. The lowest BCUT2D eigenvalue weighted by Crippen LogP contribution is -2.21. The van der Waals surface area contributed by atoms with Crippen molar-refractivity contribution in [2.45, 2.75) is 20.4 Å². The monoisotopic (exact) mass is 273 g/mol. The molecule has 3 aromatic rings. The number of rotatable bonds is 2. The number of aromatic nitrogens is 3. The lowest BCUT2D eigenvalue weighted by molar-refractivity contribution is 0.392. The second-order valence-corrected chi connectivity index (χ2v) is 4.64. The maximum absolute atomic E-state index is 13.1. The first-order chi connectivity index (χ1) is 9.56. The van der Waals surface area contributed by atoms with E-state index in [1.54, 1.807) is 6.92 Å². The van der Waals surface area contributed by atoms with Gasteiger partial charge in [0.1, 0.15) is 11.6 Å². The fourth-order valence-electron chi connectivity index (χ4n) is 2.14. The molecule has 0 N–H and O–H groups in total. The van der Waals surface area contributed by atoms with Gasteiger partial charge in [0.05, 0.1) is 29.5 Å². The Labute approximate surface area is 113 Å². The molecule has 0 aliphatic rings. The van der Waals surface area contributed by atoms with E-state index in [2.05, 4.69) is 10.1 Å². The summed E-state index contributed by atoms with van der Waals surface area (Å²) in [6.45, 7) is 3.95. The Bertz CT molecular complexity index is 832. The van der Waals surface area contributed by atoms with Crippen LogP contribution in [0.1, 0.15) is 17.0 Å². The largest absolute Gasteiger partial charge is 0.361 e. The fourth-order valence-corrected chi connectivity index (χ4v) is 2.14. The average molecular weight is 273 g/mol. The molecule has 0 saturated carbocycles. The van der Waals surface area contributed by atoms with Crippen LogP contribution in [0, 0.1) is 19.7 Å². The highest BCUT2D eigenvalue weighted by Gasteiger charge is 2.12. The van der Waals surface area contributed by atoms with Crippen LogP contribution in [-0.2, 0) is 6.54 Å². The molecule has 0 atom stereocenters. The third kappa shape index (κ3) is 1.99. The fraction of sp³-hybridized carbons (Fsp3) is 0.214. The van der Waals surface area contributed by atoms with Gasteiger partial charge in [-0.3, -0.25) is 9.36 Å². The maximum Gasteiger partial charge on any atom is 0.261 e.